The van der Waals surface area contributed by atoms with Gasteiger partial charge < -0.3 is 0 Å². The van der Waals surface area contributed by atoms with Gasteiger partial charge in [0.2, 0.25) is 0 Å². The molecule has 0 spiro atoms. The largest absolute Gasteiger partial charge is 0.206 e. The van der Waals surface area contributed by atoms with E-state index >= 15 is 0 Å². The quantitative estimate of drug-likeness (QED) is 0.696. The Morgan fingerprint density at radius 2 is 2.14 bits per heavy atom. The molecular weight excluding hydrogens is 201 g/mol. The number of rotatable bonds is 1. The third kappa shape index (κ3) is 1.29. The summed E-state index contributed by atoms with van der Waals surface area (Å²) in [6.45, 7) is 1.66. The fourth-order valence-corrected chi connectivity index (χ4v) is 1.91. The van der Waals surface area contributed by atoms with Gasteiger partial charge in [0.1, 0.15) is 5.82 Å². The molecule has 2 rings (SSSR count). The molecule has 0 bridgehead atoms. The number of hydrogen-bond acceptors (Lipinski definition) is 1. The first kappa shape index (κ1) is 9.48. The molecule has 1 aliphatic rings. The summed E-state index contributed by atoms with van der Waals surface area (Å²) in [4.78, 5) is 0. The highest BCUT2D eigenvalue weighted by molar-refractivity contribution is 6.30. The maximum Gasteiger partial charge on any atom is 0.131 e. The maximum absolute atomic E-state index is 13.7. The van der Waals surface area contributed by atoms with Crippen molar-refractivity contribution in [3.8, 4) is 6.07 Å². The first-order chi connectivity index (χ1) is 6.59. The van der Waals surface area contributed by atoms with Crippen molar-refractivity contribution in [2.75, 3.05) is 0 Å². The van der Waals surface area contributed by atoms with E-state index < -0.39 is 5.41 Å². The predicted octanol–water partition coefficient (Wildman–Crippen LogP) is 3.34. The Hall–Kier alpha value is -1.07. The van der Waals surface area contributed by atoms with Crippen LogP contribution >= 0.6 is 11.6 Å². The molecule has 1 fully saturated rings. The molecule has 0 saturated heterocycles. The SMILES string of the molecule is Cc1cc(Cl)cc(C2(C#N)CC2)c1F. The summed E-state index contributed by atoms with van der Waals surface area (Å²) in [6.07, 6.45) is 1.47. The van der Waals surface area contributed by atoms with Crippen LogP contribution in [0, 0.1) is 24.1 Å². The molecule has 3 heteroatoms. The third-order valence-corrected chi connectivity index (χ3v) is 2.92. The highest BCUT2D eigenvalue weighted by Gasteiger charge is 2.47. The van der Waals surface area contributed by atoms with E-state index in [9.17, 15) is 4.39 Å². The van der Waals surface area contributed by atoms with Gasteiger partial charge in [-0.2, -0.15) is 5.26 Å². The van der Waals surface area contributed by atoms with Crippen LogP contribution in [0.2, 0.25) is 5.02 Å². The first-order valence-electron chi connectivity index (χ1n) is 4.46. The smallest absolute Gasteiger partial charge is 0.131 e. The minimum Gasteiger partial charge on any atom is -0.206 e. The second-order valence-electron chi connectivity index (χ2n) is 3.78. The number of benzene rings is 1. The van der Waals surface area contributed by atoms with Crippen molar-refractivity contribution < 1.29 is 4.39 Å². The highest BCUT2D eigenvalue weighted by Crippen LogP contribution is 2.49. The van der Waals surface area contributed by atoms with E-state index in [0.29, 0.717) is 16.1 Å². The highest BCUT2D eigenvalue weighted by atomic mass is 35.5. The van der Waals surface area contributed by atoms with Gasteiger partial charge in [-0.1, -0.05) is 11.6 Å². The lowest BCUT2D eigenvalue weighted by Gasteiger charge is -2.10. The normalized spacial score (nSPS) is 17.6. The number of nitriles is 1. The molecule has 1 saturated carbocycles. The van der Waals surface area contributed by atoms with E-state index in [2.05, 4.69) is 6.07 Å². The zero-order chi connectivity index (χ0) is 10.3. The Morgan fingerprint density at radius 1 is 1.50 bits per heavy atom. The summed E-state index contributed by atoms with van der Waals surface area (Å²) >= 11 is 5.84. The van der Waals surface area contributed by atoms with Gasteiger partial charge in [0, 0.05) is 10.6 Å². The van der Waals surface area contributed by atoms with Crippen molar-refractivity contribution in [3.05, 3.63) is 34.1 Å². The lowest BCUT2D eigenvalue weighted by atomic mass is 9.95. The van der Waals surface area contributed by atoms with Gasteiger partial charge in [0.25, 0.3) is 0 Å². The van der Waals surface area contributed by atoms with Crippen molar-refractivity contribution in [1.82, 2.24) is 0 Å². The van der Waals surface area contributed by atoms with Crippen LogP contribution in [0.15, 0.2) is 12.1 Å². The van der Waals surface area contributed by atoms with E-state index in [0.717, 1.165) is 12.8 Å². The number of aryl methyl sites for hydroxylation is 1. The van der Waals surface area contributed by atoms with Crippen LogP contribution in [0.4, 0.5) is 4.39 Å². The molecule has 14 heavy (non-hydrogen) atoms. The number of hydrogen-bond donors (Lipinski definition) is 0. The summed E-state index contributed by atoms with van der Waals surface area (Å²) < 4.78 is 13.7. The Labute approximate surface area is 87.1 Å². The van der Waals surface area contributed by atoms with Gasteiger partial charge in [-0.25, -0.2) is 4.39 Å². The van der Waals surface area contributed by atoms with Crippen molar-refractivity contribution in [2.24, 2.45) is 0 Å². The topological polar surface area (TPSA) is 23.8 Å². The van der Waals surface area contributed by atoms with E-state index in [1.165, 1.54) is 0 Å². The fourth-order valence-electron chi connectivity index (χ4n) is 1.64. The fraction of sp³-hybridized carbons (Fsp3) is 0.364. The van der Waals surface area contributed by atoms with E-state index in [1.54, 1.807) is 19.1 Å². The summed E-state index contributed by atoms with van der Waals surface area (Å²) in [6, 6.07) is 5.31. The summed E-state index contributed by atoms with van der Waals surface area (Å²) in [5.41, 5.74) is 0.374. The lowest BCUT2D eigenvalue weighted by Crippen LogP contribution is -2.07. The summed E-state index contributed by atoms with van der Waals surface area (Å²) in [7, 11) is 0. The van der Waals surface area contributed by atoms with Crippen LogP contribution in [0.5, 0.6) is 0 Å². The first-order valence-corrected chi connectivity index (χ1v) is 4.84. The zero-order valence-corrected chi connectivity index (χ0v) is 8.53. The predicted molar refractivity (Wildman–Crippen MR) is 52.7 cm³/mol. The molecule has 1 aromatic rings. The van der Waals surface area contributed by atoms with Crippen LogP contribution in [-0.4, -0.2) is 0 Å². The molecule has 1 nitrogen and oxygen atoms in total. The van der Waals surface area contributed by atoms with Crippen LogP contribution in [-0.2, 0) is 5.41 Å². The average Bonchev–Trinajstić information content (AvgIpc) is 2.92. The molecule has 0 aliphatic heterocycles. The summed E-state index contributed by atoms with van der Waals surface area (Å²) in [5, 5.41) is 9.46. The van der Waals surface area contributed by atoms with Crippen LogP contribution in [0.3, 0.4) is 0 Å². The van der Waals surface area contributed by atoms with Gasteiger partial charge >= 0.3 is 0 Å². The van der Waals surface area contributed by atoms with Crippen molar-refractivity contribution >= 4 is 11.6 Å². The van der Waals surface area contributed by atoms with Crippen LogP contribution in [0.1, 0.15) is 24.0 Å². The molecular formula is C11H9ClFN. The van der Waals surface area contributed by atoms with Crippen molar-refractivity contribution in [3.63, 3.8) is 0 Å². The maximum atomic E-state index is 13.7. The molecule has 72 valence electrons. The lowest BCUT2D eigenvalue weighted by molar-refractivity contribution is 0.591. The second-order valence-corrected chi connectivity index (χ2v) is 4.21. The van der Waals surface area contributed by atoms with Gasteiger partial charge in [-0.15, -0.1) is 0 Å². The molecule has 0 aromatic heterocycles. The number of nitrogens with zero attached hydrogens (tertiary/aromatic N) is 1. The molecule has 0 radical (unpaired) electrons. The minimum absolute atomic E-state index is 0.284. The second kappa shape index (κ2) is 2.96. The average molecular weight is 210 g/mol. The van der Waals surface area contributed by atoms with E-state index in [4.69, 9.17) is 16.9 Å². The standard InChI is InChI=1S/C11H9ClFN/c1-7-4-8(12)5-9(10(7)13)11(6-14)2-3-11/h4-5H,2-3H2,1H3. The molecule has 0 amide bonds. The molecule has 0 unspecified atom stereocenters. The van der Waals surface area contributed by atoms with Crippen molar-refractivity contribution in [2.45, 2.75) is 25.2 Å². The van der Waals surface area contributed by atoms with E-state index in [1.807, 2.05) is 0 Å². The Balaban J connectivity index is 2.59. The molecule has 1 aromatic carbocycles. The van der Waals surface area contributed by atoms with Crippen LogP contribution in [0.25, 0.3) is 0 Å². The summed E-state index contributed by atoms with van der Waals surface area (Å²) in [5.74, 6) is -0.284. The Bertz CT molecular complexity index is 430. The molecule has 0 atom stereocenters. The zero-order valence-electron chi connectivity index (χ0n) is 7.77. The Kier molecular flexibility index (Phi) is 2.01. The van der Waals surface area contributed by atoms with Crippen LogP contribution < -0.4 is 0 Å². The molecule has 1 aliphatic carbocycles. The van der Waals surface area contributed by atoms with Crippen molar-refractivity contribution in [1.29, 1.82) is 5.26 Å². The van der Waals surface area contributed by atoms with E-state index in [-0.39, 0.29) is 5.82 Å². The molecule has 0 heterocycles. The Morgan fingerprint density at radius 3 is 2.64 bits per heavy atom. The monoisotopic (exact) mass is 209 g/mol. The molecule has 0 N–H and O–H groups in total. The van der Waals surface area contributed by atoms with Gasteiger partial charge in [-0.3, -0.25) is 0 Å². The van der Waals surface area contributed by atoms with Gasteiger partial charge in [-0.05, 0) is 37.5 Å². The third-order valence-electron chi connectivity index (χ3n) is 2.70. The minimum atomic E-state index is -0.597. The van der Waals surface area contributed by atoms with Gasteiger partial charge in [0.05, 0.1) is 11.5 Å². The van der Waals surface area contributed by atoms with Gasteiger partial charge in [0.15, 0.2) is 0 Å². The number of halogens is 2.